The highest BCUT2D eigenvalue weighted by Gasteiger charge is 1.94. The van der Waals surface area contributed by atoms with Crippen LogP contribution in [-0.4, -0.2) is 29.9 Å². The zero-order valence-electron chi connectivity index (χ0n) is 19.3. The van der Waals surface area contributed by atoms with Crippen LogP contribution in [0.3, 0.4) is 0 Å². The van der Waals surface area contributed by atoms with E-state index in [0.29, 0.717) is 0 Å². The summed E-state index contributed by atoms with van der Waals surface area (Å²) in [6, 6.07) is 14.2. The lowest BCUT2D eigenvalue weighted by Crippen LogP contribution is -1.78. The van der Waals surface area contributed by atoms with Crippen molar-refractivity contribution in [1.29, 1.82) is 0 Å². The predicted octanol–water partition coefficient (Wildman–Crippen LogP) is 6.64. The molecule has 0 amide bonds. The molecule has 0 aliphatic carbocycles. The molecule has 0 radical (unpaired) electrons. The van der Waals surface area contributed by atoms with Crippen LogP contribution < -0.4 is 0 Å². The van der Waals surface area contributed by atoms with Crippen molar-refractivity contribution in [2.75, 3.05) is 0 Å². The Hall–Kier alpha value is -3.93. The topological polar surface area (TPSA) is 86.0 Å². The van der Waals surface area contributed by atoms with E-state index in [1.807, 2.05) is 95.9 Å². The molecule has 0 aromatic carbocycles. The van der Waals surface area contributed by atoms with E-state index in [-0.39, 0.29) is 0 Å². The molecule has 0 saturated heterocycles. The van der Waals surface area contributed by atoms with Crippen LogP contribution >= 0.6 is 0 Å². The highest BCUT2D eigenvalue weighted by atomic mass is 14.8. The highest BCUT2D eigenvalue weighted by Crippen LogP contribution is 2.11. The fourth-order valence-corrected chi connectivity index (χ4v) is 3.14. The average molecular weight is 427 g/mol. The van der Waals surface area contributed by atoms with Crippen LogP contribution in [0.4, 0.5) is 0 Å². The van der Waals surface area contributed by atoms with Crippen LogP contribution in [0.15, 0.2) is 73.4 Å². The lowest BCUT2D eigenvalue weighted by Gasteiger charge is -1.89. The smallest absolute Gasteiger partial charge is 0.0881 e. The fourth-order valence-electron chi connectivity index (χ4n) is 3.14. The van der Waals surface area contributed by atoms with E-state index in [1.54, 1.807) is 0 Å². The number of pyridine rings is 3. The molecule has 6 aromatic rings. The zero-order valence-corrected chi connectivity index (χ0v) is 19.3. The van der Waals surface area contributed by atoms with E-state index in [2.05, 4.69) is 42.0 Å². The quantitative estimate of drug-likeness (QED) is 0.254. The van der Waals surface area contributed by atoms with Crippen molar-refractivity contribution in [3.05, 3.63) is 90.4 Å². The average Bonchev–Trinajstić information content (AvgIpc) is 3.55. The van der Waals surface area contributed by atoms with Crippen molar-refractivity contribution >= 4 is 33.0 Å². The van der Waals surface area contributed by atoms with Crippen LogP contribution in [0, 0.1) is 20.8 Å². The van der Waals surface area contributed by atoms with Gasteiger partial charge in [-0.15, -0.1) is 0 Å². The summed E-state index contributed by atoms with van der Waals surface area (Å²) in [6.07, 6.45) is 9.45. The van der Waals surface area contributed by atoms with Gasteiger partial charge in [-0.05, 0) is 68.8 Å². The predicted molar refractivity (Wildman–Crippen MR) is 134 cm³/mol. The third-order valence-electron chi connectivity index (χ3n) is 4.65. The normalized spacial score (nSPS) is 10.0. The van der Waals surface area contributed by atoms with Crippen LogP contribution in [0.25, 0.3) is 33.0 Å². The number of nitrogens with one attached hydrogen (secondary N) is 3. The molecule has 6 heteroatoms. The van der Waals surface area contributed by atoms with Gasteiger partial charge in [0, 0.05) is 41.6 Å². The number of hydrogen-bond acceptors (Lipinski definition) is 3. The monoisotopic (exact) mass is 426 g/mol. The number of rotatable bonds is 0. The lowest BCUT2D eigenvalue weighted by atomic mass is 10.3. The number of aromatic amines is 3. The zero-order chi connectivity index (χ0) is 22.9. The van der Waals surface area contributed by atoms with E-state index in [0.717, 1.165) is 39.0 Å². The molecule has 6 rings (SSSR count). The van der Waals surface area contributed by atoms with Gasteiger partial charge in [-0.3, -0.25) is 15.0 Å². The third-order valence-corrected chi connectivity index (χ3v) is 4.65. The minimum absolute atomic E-state index is 1.03. The van der Waals surface area contributed by atoms with Crippen molar-refractivity contribution in [3.8, 4) is 0 Å². The van der Waals surface area contributed by atoms with Gasteiger partial charge in [-0.1, -0.05) is 13.8 Å². The van der Waals surface area contributed by atoms with E-state index in [1.165, 1.54) is 10.9 Å². The van der Waals surface area contributed by atoms with Crippen molar-refractivity contribution in [1.82, 2.24) is 29.9 Å². The molecular weight excluding hydrogens is 396 g/mol. The van der Waals surface area contributed by atoms with Crippen molar-refractivity contribution in [2.24, 2.45) is 0 Å². The Morgan fingerprint density at radius 2 is 1.28 bits per heavy atom. The van der Waals surface area contributed by atoms with Gasteiger partial charge in [0.2, 0.25) is 0 Å². The van der Waals surface area contributed by atoms with Crippen LogP contribution in [0.2, 0.25) is 0 Å². The van der Waals surface area contributed by atoms with Gasteiger partial charge < -0.3 is 15.0 Å². The summed E-state index contributed by atoms with van der Waals surface area (Å²) >= 11 is 0. The minimum Gasteiger partial charge on any atom is -0.360 e. The van der Waals surface area contributed by atoms with E-state index in [4.69, 9.17) is 0 Å². The Bertz CT molecular complexity index is 1220. The van der Waals surface area contributed by atoms with Crippen LogP contribution in [0.1, 0.15) is 30.8 Å². The van der Waals surface area contributed by atoms with Gasteiger partial charge in [-0.25, -0.2) is 0 Å². The summed E-state index contributed by atoms with van der Waals surface area (Å²) in [5.74, 6) is 0. The highest BCUT2D eigenvalue weighted by molar-refractivity contribution is 5.78. The maximum absolute atomic E-state index is 4.30. The largest absolute Gasteiger partial charge is 0.360 e. The van der Waals surface area contributed by atoms with E-state index >= 15 is 0 Å². The van der Waals surface area contributed by atoms with E-state index < -0.39 is 0 Å². The molecule has 6 aromatic heterocycles. The molecule has 0 unspecified atom stereocenters. The Morgan fingerprint density at radius 1 is 0.594 bits per heavy atom. The molecule has 32 heavy (non-hydrogen) atoms. The first-order chi connectivity index (χ1) is 15.6. The van der Waals surface area contributed by atoms with Gasteiger partial charge in [0.1, 0.15) is 0 Å². The molecule has 0 spiro atoms. The number of fused-ring (bicyclic) bond motifs is 3. The molecule has 6 heterocycles. The van der Waals surface area contributed by atoms with Crippen molar-refractivity contribution in [2.45, 2.75) is 34.6 Å². The van der Waals surface area contributed by atoms with Crippen LogP contribution in [-0.2, 0) is 0 Å². The first-order valence-corrected chi connectivity index (χ1v) is 10.8. The summed E-state index contributed by atoms with van der Waals surface area (Å²) < 4.78 is 0. The molecule has 0 atom stereocenters. The summed E-state index contributed by atoms with van der Waals surface area (Å²) in [5, 5.41) is 1.23. The van der Waals surface area contributed by atoms with Gasteiger partial charge in [0.05, 0.1) is 33.8 Å². The maximum Gasteiger partial charge on any atom is 0.0881 e. The van der Waals surface area contributed by atoms with Gasteiger partial charge in [0.15, 0.2) is 0 Å². The van der Waals surface area contributed by atoms with Gasteiger partial charge >= 0.3 is 0 Å². The minimum atomic E-state index is 1.03. The van der Waals surface area contributed by atoms with E-state index in [9.17, 15) is 0 Å². The van der Waals surface area contributed by atoms with Gasteiger partial charge in [0.25, 0.3) is 0 Å². The first kappa shape index (κ1) is 22.7. The second kappa shape index (κ2) is 10.9. The lowest BCUT2D eigenvalue weighted by molar-refractivity contribution is 1.22. The Labute approximate surface area is 188 Å². The Kier molecular flexibility index (Phi) is 7.75. The molecule has 3 N–H and O–H groups in total. The number of H-pyrrole nitrogens is 3. The first-order valence-electron chi connectivity index (χ1n) is 10.8. The second-order valence-electron chi connectivity index (χ2n) is 7.18. The molecule has 0 aliphatic rings. The number of hydrogen-bond donors (Lipinski definition) is 3. The summed E-state index contributed by atoms with van der Waals surface area (Å²) in [4.78, 5) is 21.9. The SMILES string of the molecule is CC.Cc1cc2cc[nH]c2cn1.Cc1ccc2[nH]ccc2n1.Cc1cnc2cc[nH]c2c1. The number of aryl methyl sites for hydroxylation is 3. The van der Waals surface area contributed by atoms with Crippen molar-refractivity contribution < 1.29 is 0 Å². The Balaban J connectivity index is 0.000000130. The standard InChI is InChI=1S/3C8H8N2.C2H6/c1-6-4-7-2-3-9-8(7)5-10-6;1-6-4-8-7(10-5-6)2-3-9-8;1-6-2-3-7-8(10-6)4-5-9-7;1-2/h3*2-5,9H,1H3;1-2H3. The Morgan fingerprint density at radius 3 is 2.09 bits per heavy atom. The molecule has 0 fully saturated rings. The number of aromatic nitrogens is 6. The molecule has 164 valence electrons. The van der Waals surface area contributed by atoms with Crippen molar-refractivity contribution in [3.63, 3.8) is 0 Å². The third kappa shape index (κ3) is 5.82. The summed E-state index contributed by atoms with van der Waals surface area (Å²) in [6.45, 7) is 10.0. The summed E-state index contributed by atoms with van der Waals surface area (Å²) in [5.41, 5.74) is 8.70. The molecule has 6 nitrogen and oxygen atoms in total. The molecule has 0 bridgehead atoms. The maximum atomic E-state index is 4.30. The second-order valence-corrected chi connectivity index (χ2v) is 7.18. The van der Waals surface area contributed by atoms with Crippen LogP contribution in [0.5, 0.6) is 0 Å². The molecular formula is C26H30N6. The number of nitrogens with zero attached hydrogens (tertiary/aromatic N) is 3. The van der Waals surface area contributed by atoms with Gasteiger partial charge in [-0.2, -0.15) is 0 Å². The molecule has 0 aliphatic heterocycles. The molecule has 0 saturated carbocycles. The fraction of sp³-hybridized carbons (Fsp3) is 0.192. The summed E-state index contributed by atoms with van der Waals surface area (Å²) in [7, 11) is 0.